The van der Waals surface area contributed by atoms with Crippen molar-refractivity contribution in [2.45, 2.75) is 42.7 Å². The number of halogens is 13. The van der Waals surface area contributed by atoms with Gasteiger partial charge in [0.1, 0.15) is 0 Å². The second-order valence-electron chi connectivity index (χ2n) is 4.54. The van der Waals surface area contributed by atoms with Crippen molar-refractivity contribution in [3.05, 3.63) is 0 Å². The van der Waals surface area contributed by atoms with Gasteiger partial charge < -0.3 is 5.73 Å². The molecule has 0 rings (SSSR count). The second kappa shape index (κ2) is 5.76. The average Bonchev–Trinajstić information content (AvgIpc) is 2.35. The van der Waals surface area contributed by atoms with Crippen molar-refractivity contribution in [2.24, 2.45) is 11.7 Å². The molecule has 2 N–H and O–H groups in total. The lowest BCUT2D eigenvalue weighted by atomic mass is 9.88. The lowest BCUT2D eigenvalue weighted by Gasteiger charge is -2.41. The topological polar surface area (TPSA) is 26.0 Å². The smallest absolute Gasteiger partial charge is 0.393 e. The van der Waals surface area contributed by atoms with E-state index in [-0.39, 0.29) is 6.92 Å². The third-order valence-corrected chi connectivity index (χ3v) is 3.28. The van der Waals surface area contributed by atoms with Crippen molar-refractivity contribution in [3.63, 3.8) is 0 Å². The lowest BCUT2D eigenvalue weighted by molar-refractivity contribution is -0.441. The number of hydrogen-bond acceptors (Lipinski definition) is 1. The van der Waals surface area contributed by atoms with Crippen LogP contribution in [0.25, 0.3) is 0 Å². The van der Waals surface area contributed by atoms with Gasteiger partial charge in [0.25, 0.3) is 0 Å². The number of rotatable bonds is 6. The van der Waals surface area contributed by atoms with Crippen LogP contribution in [0.2, 0.25) is 0 Å². The minimum Gasteiger partial charge on any atom is -0.393 e. The Balaban J connectivity index is 6.36. The highest BCUT2D eigenvalue weighted by Gasteiger charge is 2.91. The predicted octanol–water partition coefficient (Wildman–Crippen LogP) is 4.65. The zero-order valence-electron chi connectivity index (χ0n) is 11.0. The summed E-state index contributed by atoms with van der Waals surface area (Å²) in [6.07, 6.45) is -7.43. The minimum absolute atomic E-state index is 0.0353. The van der Waals surface area contributed by atoms with E-state index in [1.165, 1.54) is 0 Å². The highest BCUT2D eigenvalue weighted by Crippen LogP contribution is 2.61. The van der Waals surface area contributed by atoms with Gasteiger partial charge in [-0.3, -0.25) is 0 Å². The van der Waals surface area contributed by atoms with Gasteiger partial charge in [-0.15, -0.1) is 0 Å². The lowest BCUT2D eigenvalue weighted by Crippen LogP contribution is -2.71. The molecule has 0 aromatic heterocycles. The third-order valence-electron chi connectivity index (χ3n) is 2.93. The normalized spacial score (nSPS) is 16.9. The fourth-order valence-electron chi connectivity index (χ4n) is 1.23. The maximum atomic E-state index is 13.3. The largest absolute Gasteiger partial charge is 0.460 e. The van der Waals surface area contributed by atoms with E-state index in [1.807, 2.05) is 0 Å². The first-order chi connectivity index (χ1) is 10.1. The van der Waals surface area contributed by atoms with E-state index in [1.54, 1.807) is 0 Å². The Morgan fingerprint density at radius 3 is 1.21 bits per heavy atom. The highest BCUT2D eigenvalue weighted by atomic mass is 32.1. The first-order valence-corrected chi connectivity index (χ1v) is 5.76. The maximum absolute atomic E-state index is 13.3. The molecule has 0 spiro atoms. The number of nitrogens with two attached hydrogens (primary N) is 1. The second-order valence-corrected chi connectivity index (χ2v) is 5.01. The fraction of sp³-hybridized carbons (Fsp3) is 0.889. The Labute approximate surface area is 130 Å². The van der Waals surface area contributed by atoms with Crippen LogP contribution < -0.4 is 5.73 Å². The van der Waals surface area contributed by atoms with Crippen LogP contribution in [0.3, 0.4) is 0 Å². The minimum atomic E-state index is -7.92. The molecule has 1 unspecified atom stereocenters. The predicted molar refractivity (Wildman–Crippen MR) is 56.7 cm³/mol. The highest BCUT2D eigenvalue weighted by molar-refractivity contribution is 7.80. The van der Waals surface area contributed by atoms with Gasteiger partial charge in [-0.1, -0.05) is 19.1 Å². The first-order valence-electron chi connectivity index (χ1n) is 5.35. The molecule has 144 valence electrons. The molecule has 0 amide bonds. The molecule has 0 saturated heterocycles. The van der Waals surface area contributed by atoms with E-state index in [9.17, 15) is 57.1 Å². The van der Waals surface area contributed by atoms with Gasteiger partial charge in [0.15, 0.2) is 0 Å². The summed E-state index contributed by atoms with van der Waals surface area (Å²) >= 11 is 3.79. The molecule has 15 heteroatoms. The number of hydrogen-bond donors (Lipinski definition) is 1. The van der Waals surface area contributed by atoms with Gasteiger partial charge >= 0.3 is 35.8 Å². The van der Waals surface area contributed by atoms with Gasteiger partial charge in [0.05, 0.1) is 10.9 Å². The van der Waals surface area contributed by atoms with Gasteiger partial charge in [-0.25, -0.2) is 0 Å². The summed E-state index contributed by atoms with van der Waals surface area (Å²) in [5.74, 6) is -40.3. The van der Waals surface area contributed by atoms with Crippen molar-refractivity contribution in [2.75, 3.05) is 0 Å². The van der Waals surface area contributed by atoms with Crippen molar-refractivity contribution in [3.8, 4) is 0 Å². The molecule has 24 heavy (non-hydrogen) atoms. The summed E-state index contributed by atoms with van der Waals surface area (Å²) in [5.41, 5.74) is 4.48. The zero-order chi connectivity index (χ0) is 20.2. The summed E-state index contributed by atoms with van der Waals surface area (Å²) in [4.78, 5) is -1.60. The number of thiocarbonyl (C=S) groups is 1. The number of alkyl halides is 13. The van der Waals surface area contributed by atoms with Gasteiger partial charge in [-0.2, -0.15) is 57.1 Å². The first kappa shape index (κ1) is 23.0. The van der Waals surface area contributed by atoms with E-state index in [0.717, 1.165) is 0 Å². The Hall–Kier alpha value is -1.02. The van der Waals surface area contributed by atoms with Crippen LogP contribution in [0.1, 0.15) is 6.92 Å². The molecule has 0 aromatic carbocycles. The molecule has 0 aliphatic carbocycles. The molecule has 0 fully saturated rings. The van der Waals surface area contributed by atoms with Crippen LogP contribution >= 0.6 is 12.2 Å². The molecule has 0 aliphatic heterocycles. The SMILES string of the molecule is CC(C(N)=S)C(F)(F)C(F)(F)C(F)(F)C(F)(F)C(F)(F)C(F)(F)F. The Morgan fingerprint density at radius 1 is 0.667 bits per heavy atom. The fourth-order valence-corrected chi connectivity index (χ4v) is 1.38. The van der Waals surface area contributed by atoms with Crippen molar-refractivity contribution >= 4 is 17.2 Å². The van der Waals surface area contributed by atoms with E-state index in [4.69, 9.17) is 0 Å². The molecule has 1 atom stereocenters. The summed E-state index contributed by atoms with van der Waals surface area (Å²) in [6.45, 7) is -0.0353. The molecule has 1 nitrogen and oxygen atoms in total. The molecular formula is C9H6F13NS. The molecular weight excluding hydrogens is 401 g/mol. The zero-order valence-corrected chi connectivity index (χ0v) is 11.8. The summed E-state index contributed by atoms with van der Waals surface area (Å²) in [7, 11) is 0. The van der Waals surface area contributed by atoms with E-state index < -0.39 is 46.7 Å². The van der Waals surface area contributed by atoms with Crippen LogP contribution in [-0.4, -0.2) is 40.8 Å². The van der Waals surface area contributed by atoms with Crippen LogP contribution in [0, 0.1) is 5.92 Å². The summed E-state index contributed by atoms with van der Waals surface area (Å²) in [6, 6.07) is 0. The molecule has 0 radical (unpaired) electrons. The van der Waals surface area contributed by atoms with Crippen LogP contribution in [0.15, 0.2) is 0 Å². The Kier molecular flexibility index (Phi) is 5.52. The molecule has 0 aromatic rings. The standard InChI is InChI=1S/C9H6F13NS/c1-2(3(23)24)4(10,11)5(12,13)6(14,15)7(16,17)8(18,19)9(20,21)22/h2H,1H3,(H2,23,24). The average molecular weight is 407 g/mol. The van der Waals surface area contributed by atoms with Crippen molar-refractivity contribution < 1.29 is 57.1 Å². The Morgan fingerprint density at radius 2 is 0.958 bits per heavy atom. The van der Waals surface area contributed by atoms with Crippen molar-refractivity contribution in [1.82, 2.24) is 0 Å². The van der Waals surface area contributed by atoms with Gasteiger partial charge in [-0.05, 0) is 0 Å². The Bertz CT molecular complexity index is 494. The summed E-state index contributed by atoms with van der Waals surface area (Å²) in [5, 5.41) is 0. The maximum Gasteiger partial charge on any atom is 0.460 e. The summed E-state index contributed by atoms with van der Waals surface area (Å²) < 4.78 is 165. The molecule has 0 bridgehead atoms. The van der Waals surface area contributed by atoms with Gasteiger partial charge in [0.2, 0.25) is 0 Å². The molecule has 0 aliphatic rings. The monoisotopic (exact) mass is 407 g/mol. The van der Waals surface area contributed by atoms with Crippen LogP contribution in [0.5, 0.6) is 0 Å². The van der Waals surface area contributed by atoms with Gasteiger partial charge in [0, 0.05) is 0 Å². The third kappa shape index (κ3) is 2.87. The van der Waals surface area contributed by atoms with Crippen molar-refractivity contribution in [1.29, 1.82) is 0 Å². The van der Waals surface area contributed by atoms with E-state index in [2.05, 4.69) is 18.0 Å². The molecule has 0 saturated carbocycles. The van der Waals surface area contributed by atoms with E-state index >= 15 is 0 Å². The van der Waals surface area contributed by atoms with E-state index in [0.29, 0.717) is 0 Å². The van der Waals surface area contributed by atoms with Crippen LogP contribution in [0.4, 0.5) is 57.1 Å². The molecule has 0 heterocycles. The quantitative estimate of drug-likeness (QED) is 0.513. The van der Waals surface area contributed by atoms with Crippen LogP contribution in [-0.2, 0) is 0 Å².